The molecule has 0 saturated heterocycles. The van der Waals surface area contributed by atoms with Gasteiger partial charge < -0.3 is 4.65 Å². The number of aryl methyl sites for hydroxylation is 2. The molecule has 0 aliphatic heterocycles. The number of amides is 1. The van der Waals surface area contributed by atoms with E-state index in [9.17, 15) is 26.4 Å². The number of alkyl halides is 3. The average molecular weight is 568 g/mol. The summed E-state index contributed by atoms with van der Waals surface area (Å²) in [6, 6.07) is 20.0. The minimum atomic E-state index is -4.67. The second kappa shape index (κ2) is 11.8. The number of sulfonamides is 1. The first-order valence-corrected chi connectivity index (χ1v) is 13.5. The number of carbonyl (C=O) groups is 1. The predicted octanol–water partition coefficient (Wildman–Crippen LogP) is 3.90. The van der Waals surface area contributed by atoms with Crippen molar-refractivity contribution < 1.29 is 31.0 Å². The van der Waals surface area contributed by atoms with E-state index < -0.39 is 27.8 Å². The minimum absolute atomic E-state index is 0.119. The van der Waals surface area contributed by atoms with Crippen LogP contribution >= 0.6 is 0 Å². The molecule has 4 aromatic rings. The van der Waals surface area contributed by atoms with Crippen molar-refractivity contribution in [1.82, 2.24) is 14.5 Å². The van der Waals surface area contributed by atoms with Crippen molar-refractivity contribution in [2.24, 2.45) is 0 Å². The first-order chi connectivity index (χ1) is 19.0. The van der Waals surface area contributed by atoms with Gasteiger partial charge in [-0.3, -0.25) is 10.2 Å². The molecule has 8 nitrogen and oxygen atoms in total. The smallest absolute Gasteiger partial charge is 0.435 e. The lowest BCUT2D eigenvalue weighted by Crippen LogP contribution is -2.31. The van der Waals surface area contributed by atoms with Crippen molar-refractivity contribution in [2.45, 2.75) is 30.8 Å². The van der Waals surface area contributed by atoms with Crippen molar-refractivity contribution in [3.05, 3.63) is 95.7 Å². The molecule has 0 atom stereocenters. The predicted molar refractivity (Wildman–Crippen MR) is 145 cm³/mol. The van der Waals surface area contributed by atoms with E-state index in [1.807, 2.05) is 11.6 Å². The third-order valence-corrected chi connectivity index (χ3v) is 7.44. The maximum atomic E-state index is 13.5. The number of nitrogens with zero attached hydrogens (tertiary/aromatic N) is 2. The molecule has 0 fully saturated rings. The highest BCUT2D eigenvalue weighted by molar-refractivity contribution is 7.90. The Morgan fingerprint density at radius 2 is 1.75 bits per heavy atom. The molecule has 1 heterocycles. The summed E-state index contributed by atoms with van der Waals surface area (Å²) >= 11 is 0. The highest BCUT2D eigenvalue weighted by Gasteiger charge is 2.35. The molecule has 1 aromatic heterocycles. The van der Waals surface area contributed by atoms with Crippen LogP contribution in [0.1, 0.15) is 23.2 Å². The molecule has 0 saturated carbocycles. The molecule has 1 amide bonds. The van der Waals surface area contributed by atoms with Gasteiger partial charge in [0.25, 0.3) is 10.0 Å². The van der Waals surface area contributed by atoms with E-state index in [1.54, 1.807) is 48.5 Å². The third-order valence-electron chi connectivity index (χ3n) is 6.05. The van der Waals surface area contributed by atoms with Crippen LogP contribution < -0.4 is 10.2 Å². The van der Waals surface area contributed by atoms with E-state index in [0.29, 0.717) is 5.56 Å². The Labute approximate surface area is 229 Å². The molecule has 206 valence electrons. The van der Waals surface area contributed by atoms with Crippen LogP contribution in [-0.4, -0.2) is 38.0 Å². The summed E-state index contributed by atoms with van der Waals surface area (Å²) in [5, 5.41) is 10.7. The zero-order valence-electron chi connectivity index (χ0n) is 21.3. The van der Waals surface area contributed by atoms with Crippen LogP contribution in [0.2, 0.25) is 0 Å². The summed E-state index contributed by atoms with van der Waals surface area (Å²) in [5.41, 5.74) is 2.30. The summed E-state index contributed by atoms with van der Waals surface area (Å²) in [4.78, 5) is 12.2. The molecule has 40 heavy (non-hydrogen) atoms. The van der Waals surface area contributed by atoms with Crippen LogP contribution in [0.4, 0.5) is 13.2 Å². The zero-order chi connectivity index (χ0) is 28.9. The van der Waals surface area contributed by atoms with E-state index in [-0.39, 0.29) is 36.6 Å². The van der Waals surface area contributed by atoms with Crippen molar-refractivity contribution in [1.29, 1.82) is 5.41 Å². The Bertz CT molecular complexity index is 1620. The van der Waals surface area contributed by atoms with E-state index >= 15 is 0 Å². The van der Waals surface area contributed by atoms with Gasteiger partial charge in [-0.1, -0.05) is 54.1 Å². The number of benzene rings is 3. The van der Waals surface area contributed by atoms with Gasteiger partial charge in [-0.2, -0.15) is 18.3 Å². The number of carbonyl (C=O) groups excluding carboxylic acids is 1. The normalized spacial score (nSPS) is 11.6. The standard InChI is InChI=1S/C27H24BF3N4O4S/c1-18-6-8-20(9-7-18)24-16-25(27(29,30)31)33-35(24)21-11-13-22(14-12-21)40(37,38)34-26(36)15-10-19-4-2-3-5-23(19)28-39-17-32/h2-9,11-14,16-17,28,32H,10,15H2,1H3,(H,34,36). The van der Waals surface area contributed by atoms with E-state index in [4.69, 9.17) is 10.1 Å². The fourth-order valence-corrected chi connectivity index (χ4v) is 5.01. The van der Waals surface area contributed by atoms with Gasteiger partial charge in [0, 0.05) is 12.0 Å². The highest BCUT2D eigenvalue weighted by atomic mass is 32.2. The van der Waals surface area contributed by atoms with Gasteiger partial charge in [0.05, 0.1) is 16.3 Å². The topological polar surface area (TPSA) is 114 Å². The summed E-state index contributed by atoms with van der Waals surface area (Å²) < 4.78 is 74.1. The lowest BCUT2D eigenvalue weighted by molar-refractivity contribution is -0.141. The molecule has 0 unspecified atom stereocenters. The number of halogens is 3. The number of aromatic nitrogens is 2. The van der Waals surface area contributed by atoms with Gasteiger partial charge in [0.15, 0.2) is 5.69 Å². The molecule has 0 aliphatic carbocycles. The highest BCUT2D eigenvalue weighted by Crippen LogP contribution is 2.33. The third kappa shape index (κ3) is 6.78. The lowest BCUT2D eigenvalue weighted by atomic mass is 9.82. The largest absolute Gasteiger partial charge is 0.552 e. The molecule has 0 radical (unpaired) electrons. The second-order valence-corrected chi connectivity index (χ2v) is 10.6. The van der Waals surface area contributed by atoms with E-state index in [1.165, 1.54) is 24.3 Å². The van der Waals surface area contributed by atoms with Crippen LogP contribution in [0.5, 0.6) is 0 Å². The number of hydrogen-bond acceptors (Lipinski definition) is 6. The molecule has 0 spiro atoms. The van der Waals surface area contributed by atoms with Crippen molar-refractivity contribution in [3.8, 4) is 16.9 Å². The monoisotopic (exact) mass is 568 g/mol. The quantitative estimate of drug-likeness (QED) is 0.171. The minimum Gasteiger partial charge on any atom is -0.552 e. The zero-order valence-corrected chi connectivity index (χ0v) is 22.1. The van der Waals surface area contributed by atoms with Gasteiger partial charge in [0.2, 0.25) is 5.91 Å². The maximum Gasteiger partial charge on any atom is 0.435 e. The molecule has 2 N–H and O–H groups in total. The molecule has 3 aromatic carbocycles. The summed E-state index contributed by atoms with van der Waals surface area (Å²) in [6.07, 6.45) is -3.73. The van der Waals surface area contributed by atoms with Crippen LogP contribution in [-0.2, 0) is 32.1 Å². The van der Waals surface area contributed by atoms with Crippen LogP contribution in [0.25, 0.3) is 16.9 Å². The lowest BCUT2D eigenvalue weighted by Gasteiger charge is -2.11. The van der Waals surface area contributed by atoms with Crippen LogP contribution in [0.3, 0.4) is 0 Å². The fourth-order valence-electron chi connectivity index (χ4n) is 3.99. The number of rotatable bonds is 10. The first kappa shape index (κ1) is 28.6. The van der Waals surface area contributed by atoms with Crippen molar-refractivity contribution in [2.75, 3.05) is 0 Å². The summed E-state index contributed by atoms with van der Waals surface area (Å²) in [7, 11) is -4.08. The molecule has 13 heteroatoms. The van der Waals surface area contributed by atoms with E-state index in [0.717, 1.165) is 33.7 Å². The fraction of sp³-hybridized carbons (Fsp3) is 0.148. The Hall–Kier alpha value is -4.39. The Kier molecular flexibility index (Phi) is 8.43. The van der Waals surface area contributed by atoms with E-state index in [2.05, 4.69) is 5.10 Å². The molecule has 0 aliphatic rings. The van der Waals surface area contributed by atoms with Crippen molar-refractivity contribution in [3.63, 3.8) is 0 Å². The number of hydrogen-bond donors (Lipinski definition) is 2. The van der Waals surface area contributed by atoms with Crippen molar-refractivity contribution >= 4 is 35.3 Å². The van der Waals surface area contributed by atoms with Gasteiger partial charge in [-0.25, -0.2) is 17.8 Å². The average Bonchev–Trinajstić information content (AvgIpc) is 3.38. The summed E-state index contributed by atoms with van der Waals surface area (Å²) in [5.74, 6) is -0.726. The first-order valence-electron chi connectivity index (χ1n) is 12.1. The van der Waals surface area contributed by atoms with Gasteiger partial charge >= 0.3 is 13.7 Å². The molecule has 4 rings (SSSR count). The molecule has 0 bridgehead atoms. The number of nitrogens with one attached hydrogen (secondary N) is 2. The molecular formula is C27H24BF3N4O4S. The van der Waals surface area contributed by atoms with Gasteiger partial charge in [-0.05, 0) is 54.7 Å². The second-order valence-electron chi connectivity index (χ2n) is 8.91. The van der Waals surface area contributed by atoms with Gasteiger partial charge in [-0.15, -0.1) is 0 Å². The summed E-state index contributed by atoms with van der Waals surface area (Å²) in [6.45, 7) is 1.86. The maximum absolute atomic E-state index is 13.5. The van der Waals surface area contributed by atoms with Crippen LogP contribution in [0.15, 0.2) is 83.8 Å². The molecular weight excluding hydrogens is 544 g/mol. The van der Waals surface area contributed by atoms with Crippen LogP contribution in [0, 0.1) is 12.3 Å². The Balaban J connectivity index is 1.51. The Morgan fingerprint density at radius 3 is 2.40 bits per heavy atom. The van der Waals surface area contributed by atoms with Gasteiger partial charge in [0.1, 0.15) is 6.40 Å². The SMILES string of the molecule is Cc1ccc(-c2cc(C(F)(F)F)nn2-c2ccc(S(=O)(=O)NC(=O)CCc3ccccc3BOC=N)cc2)cc1. The Morgan fingerprint density at radius 1 is 1.07 bits per heavy atom.